The Hall–Kier alpha value is -2.19. The predicted molar refractivity (Wildman–Crippen MR) is 109 cm³/mol. The van der Waals surface area contributed by atoms with Gasteiger partial charge >= 0.3 is 5.97 Å². The van der Waals surface area contributed by atoms with Crippen LogP contribution >= 0.6 is 11.8 Å². The summed E-state index contributed by atoms with van der Waals surface area (Å²) in [5.41, 5.74) is 2.53. The number of pyridine rings is 1. The van der Waals surface area contributed by atoms with Gasteiger partial charge in [0.25, 0.3) is 5.56 Å². The minimum atomic E-state index is -0.346. The minimum absolute atomic E-state index is 0.0772. The molecule has 8 heteroatoms. The smallest absolute Gasteiger partial charge is 0.316 e. The molecule has 0 amide bonds. The van der Waals surface area contributed by atoms with E-state index in [1.54, 1.807) is 6.92 Å². The van der Waals surface area contributed by atoms with E-state index in [-0.39, 0.29) is 22.9 Å². The van der Waals surface area contributed by atoms with Crippen LogP contribution in [0.25, 0.3) is 11.0 Å². The second-order valence-corrected chi connectivity index (χ2v) is 8.47. The molecule has 3 rings (SSSR count). The van der Waals surface area contributed by atoms with Gasteiger partial charge in [-0.05, 0) is 33.8 Å². The first-order valence-corrected chi connectivity index (χ1v) is 10.2. The van der Waals surface area contributed by atoms with E-state index < -0.39 is 0 Å². The van der Waals surface area contributed by atoms with Gasteiger partial charge in [-0.15, -0.1) is 0 Å². The number of hydrogen-bond donors (Lipinski definition) is 0. The lowest BCUT2D eigenvalue weighted by atomic mass is 9.95. The van der Waals surface area contributed by atoms with Crippen LogP contribution in [-0.2, 0) is 33.8 Å². The van der Waals surface area contributed by atoms with E-state index in [4.69, 9.17) is 9.47 Å². The summed E-state index contributed by atoms with van der Waals surface area (Å²) < 4.78 is 12.4. The molecule has 0 spiro atoms. The number of ether oxygens (including phenoxy) is 2. The molecule has 1 aliphatic heterocycles. The second-order valence-electron chi connectivity index (χ2n) is 7.53. The van der Waals surface area contributed by atoms with Crippen molar-refractivity contribution < 1.29 is 14.3 Å². The third-order valence-corrected chi connectivity index (χ3v) is 5.29. The van der Waals surface area contributed by atoms with E-state index in [1.807, 2.05) is 26.8 Å². The molecule has 0 radical (unpaired) electrons. The molecule has 1 aliphatic rings. The zero-order valence-corrected chi connectivity index (χ0v) is 17.5. The normalized spacial score (nSPS) is 15.3. The summed E-state index contributed by atoms with van der Waals surface area (Å²) in [7, 11) is 0. The van der Waals surface area contributed by atoms with Gasteiger partial charge in [0.05, 0.1) is 35.6 Å². The van der Waals surface area contributed by atoms with Crippen LogP contribution in [0.2, 0.25) is 0 Å². The first kappa shape index (κ1) is 20.5. The van der Waals surface area contributed by atoms with Gasteiger partial charge in [0, 0.05) is 18.5 Å². The van der Waals surface area contributed by atoms with Crippen LogP contribution in [0.4, 0.5) is 0 Å². The molecule has 0 aliphatic carbocycles. The number of carbonyl (C=O) groups is 1. The van der Waals surface area contributed by atoms with Crippen LogP contribution in [-0.4, -0.2) is 38.5 Å². The number of nitrogens with zero attached hydrogens (tertiary/aromatic N) is 3. The van der Waals surface area contributed by atoms with Crippen LogP contribution in [0, 0.1) is 0 Å². The van der Waals surface area contributed by atoms with Crippen molar-refractivity contribution in [1.82, 2.24) is 14.5 Å². The van der Waals surface area contributed by atoms with Gasteiger partial charge in [0.2, 0.25) is 0 Å². The fraction of sp³-hybridized carbons (Fsp3) is 0.500. The van der Waals surface area contributed by atoms with Crippen molar-refractivity contribution in [2.24, 2.45) is 0 Å². The molecule has 2 aromatic heterocycles. The molecule has 150 valence electrons. The highest BCUT2D eigenvalue weighted by Gasteiger charge is 2.28. The molecular weight excluding hydrogens is 378 g/mol. The third-order valence-electron chi connectivity index (χ3n) is 4.34. The Bertz CT molecular complexity index is 997. The summed E-state index contributed by atoms with van der Waals surface area (Å²) in [4.78, 5) is 34.2. The SMILES string of the molecule is C=C(C)Cn1c(SCC(=O)OCC)nc2nc3c(cc2c1=O)COC(C)(C)C3. The molecule has 0 unspecified atom stereocenters. The fourth-order valence-electron chi connectivity index (χ4n) is 3.06. The van der Waals surface area contributed by atoms with Gasteiger partial charge in [-0.1, -0.05) is 23.9 Å². The van der Waals surface area contributed by atoms with Gasteiger partial charge in [0.15, 0.2) is 10.8 Å². The molecule has 0 fully saturated rings. The monoisotopic (exact) mass is 403 g/mol. The van der Waals surface area contributed by atoms with E-state index in [0.717, 1.165) is 16.8 Å². The molecule has 0 saturated carbocycles. The van der Waals surface area contributed by atoms with Gasteiger partial charge in [-0.3, -0.25) is 14.2 Å². The zero-order valence-electron chi connectivity index (χ0n) is 16.7. The van der Waals surface area contributed by atoms with E-state index in [2.05, 4.69) is 16.5 Å². The van der Waals surface area contributed by atoms with Crippen molar-refractivity contribution in [2.45, 2.75) is 58.0 Å². The molecule has 0 aromatic carbocycles. The van der Waals surface area contributed by atoms with Gasteiger partial charge in [-0.2, -0.15) is 0 Å². The summed E-state index contributed by atoms with van der Waals surface area (Å²) in [5.74, 6) is -0.269. The van der Waals surface area contributed by atoms with E-state index in [1.165, 1.54) is 16.3 Å². The predicted octanol–water partition coefficient (Wildman–Crippen LogP) is 2.87. The molecular formula is C20H25N3O4S. The number of rotatable bonds is 6. The maximum atomic E-state index is 13.1. The maximum absolute atomic E-state index is 13.1. The lowest BCUT2D eigenvalue weighted by Crippen LogP contribution is -2.33. The summed E-state index contributed by atoms with van der Waals surface area (Å²) >= 11 is 1.17. The van der Waals surface area contributed by atoms with Gasteiger partial charge in [0.1, 0.15) is 0 Å². The number of hydrogen-bond acceptors (Lipinski definition) is 7. The van der Waals surface area contributed by atoms with Crippen LogP contribution in [0.5, 0.6) is 0 Å². The lowest BCUT2D eigenvalue weighted by Gasteiger charge is -2.31. The van der Waals surface area contributed by atoms with Crippen molar-refractivity contribution in [3.8, 4) is 0 Å². The highest BCUT2D eigenvalue weighted by molar-refractivity contribution is 7.99. The highest BCUT2D eigenvalue weighted by atomic mass is 32.2. The molecule has 3 heterocycles. The number of aromatic nitrogens is 3. The summed E-state index contributed by atoms with van der Waals surface area (Å²) in [5, 5.41) is 0.885. The molecule has 7 nitrogen and oxygen atoms in total. The fourth-order valence-corrected chi connectivity index (χ4v) is 3.84. The Morgan fingerprint density at radius 1 is 1.43 bits per heavy atom. The van der Waals surface area contributed by atoms with Crippen molar-refractivity contribution in [1.29, 1.82) is 0 Å². The van der Waals surface area contributed by atoms with Crippen LogP contribution in [0.3, 0.4) is 0 Å². The summed E-state index contributed by atoms with van der Waals surface area (Å²) in [6, 6.07) is 1.83. The Labute approximate surface area is 168 Å². The Kier molecular flexibility index (Phi) is 5.90. The first-order chi connectivity index (χ1) is 13.2. The maximum Gasteiger partial charge on any atom is 0.316 e. The summed E-state index contributed by atoms with van der Waals surface area (Å²) in [6.45, 7) is 12.6. The standard InChI is InChI=1S/C20H25N3O4S/c1-6-26-16(24)11-28-19-22-17-14(18(25)23(19)9-12(2)3)7-13-10-27-20(4,5)8-15(13)21-17/h7H,2,6,8-11H2,1,3-5H3. The van der Waals surface area contributed by atoms with E-state index >= 15 is 0 Å². The van der Waals surface area contributed by atoms with Gasteiger partial charge < -0.3 is 9.47 Å². The quantitative estimate of drug-likeness (QED) is 0.317. The average Bonchev–Trinajstić information content (AvgIpc) is 2.60. The summed E-state index contributed by atoms with van der Waals surface area (Å²) in [6.07, 6.45) is 0.653. The number of allylic oxidation sites excluding steroid dienone is 1. The van der Waals surface area contributed by atoms with E-state index in [9.17, 15) is 9.59 Å². The molecule has 0 bridgehead atoms. The van der Waals surface area contributed by atoms with Crippen LogP contribution < -0.4 is 5.56 Å². The van der Waals surface area contributed by atoms with Crippen LogP contribution in [0.15, 0.2) is 28.2 Å². The Balaban J connectivity index is 2.08. The molecule has 0 N–H and O–H groups in total. The number of esters is 1. The van der Waals surface area contributed by atoms with Crippen molar-refractivity contribution >= 4 is 28.8 Å². The Morgan fingerprint density at radius 3 is 2.86 bits per heavy atom. The zero-order chi connectivity index (χ0) is 20.5. The van der Waals surface area contributed by atoms with E-state index in [0.29, 0.717) is 42.4 Å². The molecule has 0 saturated heterocycles. The number of thioether (sulfide) groups is 1. The number of fused-ring (bicyclic) bond motifs is 2. The Morgan fingerprint density at radius 2 is 2.18 bits per heavy atom. The van der Waals surface area contributed by atoms with Crippen LogP contribution in [0.1, 0.15) is 39.0 Å². The first-order valence-electron chi connectivity index (χ1n) is 9.20. The molecule has 28 heavy (non-hydrogen) atoms. The van der Waals surface area contributed by atoms with Crippen molar-refractivity contribution in [3.63, 3.8) is 0 Å². The van der Waals surface area contributed by atoms with Crippen molar-refractivity contribution in [2.75, 3.05) is 12.4 Å². The lowest BCUT2D eigenvalue weighted by molar-refractivity contribution is -0.139. The number of carbonyl (C=O) groups excluding carboxylic acids is 1. The largest absolute Gasteiger partial charge is 0.465 e. The molecule has 0 atom stereocenters. The molecule has 2 aromatic rings. The minimum Gasteiger partial charge on any atom is -0.465 e. The average molecular weight is 404 g/mol. The van der Waals surface area contributed by atoms with Gasteiger partial charge in [-0.25, -0.2) is 9.97 Å². The second kappa shape index (κ2) is 8.05. The highest BCUT2D eigenvalue weighted by Crippen LogP contribution is 2.28. The third kappa shape index (κ3) is 4.44. The van der Waals surface area contributed by atoms with Crippen molar-refractivity contribution in [3.05, 3.63) is 39.8 Å². The topological polar surface area (TPSA) is 83.3 Å².